The van der Waals surface area contributed by atoms with E-state index in [0.717, 1.165) is 18.4 Å². The van der Waals surface area contributed by atoms with Crippen molar-refractivity contribution in [3.63, 3.8) is 0 Å². The Morgan fingerprint density at radius 3 is 2.85 bits per heavy atom. The fourth-order valence-electron chi connectivity index (χ4n) is 3.41. The number of halogens is 1. The van der Waals surface area contributed by atoms with Crippen LogP contribution in [0.1, 0.15) is 30.3 Å². The van der Waals surface area contributed by atoms with Crippen molar-refractivity contribution in [1.82, 2.24) is 19.8 Å². The predicted molar refractivity (Wildman–Crippen MR) is 96.0 cm³/mol. The molecule has 3 rings (SSSR count). The maximum Gasteiger partial charge on any atom is 0.317 e. The average Bonchev–Trinajstić information content (AvgIpc) is 3.07. The number of likely N-dealkylation sites (tertiary alicyclic amines) is 1. The van der Waals surface area contributed by atoms with Gasteiger partial charge in [0.1, 0.15) is 17.7 Å². The molecule has 26 heavy (non-hydrogen) atoms. The number of hydrogen-bond donors (Lipinski definition) is 2. The van der Waals surface area contributed by atoms with Crippen molar-refractivity contribution in [1.29, 1.82) is 0 Å². The number of rotatable bonds is 5. The Balaban J connectivity index is 1.43. The molecule has 1 fully saturated rings. The first-order valence-corrected chi connectivity index (χ1v) is 8.97. The minimum atomic E-state index is -0.604. The highest BCUT2D eigenvalue weighted by molar-refractivity contribution is 5.74. The van der Waals surface area contributed by atoms with Crippen molar-refractivity contribution in [3.8, 4) is 0 Å². The minimum absolute atomic E-state index is 0.104. The summed E-state index contributed by atoms with van der Waals surface area (Å²) >= 11 is 0. The molecule has 0 aliphatic carbocycles. The number of aromatic nitrogens is 2. The Labute approximate surface area is 152 Å². The van der Waals surface area contributed by atoms with Crippen LogP contribution < -0.4 is 5.32 Å². The highest BCUT2D eigenvalue weighted by atomic mass is 19.1. The molecular weight excluding hydrogens is 335 g/mol. The summed E-state index contributed by atoms with van der Waals surface area (Å²) in [4.78, 5) is 18.3. The van der Waals surface area contributed by atoms with Crippen LogP contribution in [0.5, 0.6) is 0 Å². The van der Waals surface area contributed by atoms with E-state index >= 15 is 0 Å². The fraction of sp³-hybridized carbons (Fsp3) is 0.474. The molecule has 2 amide bonds. The zero-order valence-electron chi connectivity index (χ0n) is 14.9. The predicted octanol–water partition coefficient (Wildman–Crippen LogP) is 2.26. The number of imidazole rings is 1. The van der Waals surface area contributed by atoms with E-state index in [1.807, 2.05) is 23.9 Å². The first-order valence-electron chi connectivity index (χ1n) is 8.97. The number of carbonyl (C=O) groups excluding carboxylic acids is 1. The lowest BCUT2D eigenvalue weighted by molar-refractivity contribution is 0.0584. The maximum absolute atomic E-state index is 13.2. The van der Waals surface area contributed by atoms with Crippen LogP contribution in [0.15, 0.2) is 36.7 Å². The van der Waals surface area contributed by atoms with Crippen LogP contribution in [0.2, 0.25) is 0 Å². The summed E-state index contributed by atoms with van der Waals surface area (Å²) in [5, 5.41) is 13.4. The van der Waals surface area contributed by atoms with Crippen molar-refractivity contribution in [2.75, 3.05) is 19.6 Å². The summed E-state index contributed by atoms with van der Waals surface area (Å²) in [5.41, 5.74) is 0.863. The standard InChI is InChI=1S/C19H25FN4O2/c1-23-12-9-21-18(23)17(25)15-6-10-24(11-7-15)19(26)22-8-5-14-3-2-4-16(20)13-14/h2-4,9,12-13,15,17,25H,5-8,10-11H2,1H3,(H,22,26)/t17-/m0/s1. The molecule has 6 nitrogen and oxygen atoms in total. The third-order valence-electron chi connectivity index (χ3n) is 4.98. The number of carbonyl (C=O) groups is 1. The largest absolute Gasteiger partial charge is 0.385 e. The van der Waals surface area contributed by atoms with Crippen LogP contribution >= 0.6 is 0 Å². The van der Waals surface area contributed by atoms with E-state index in [1.165, 1.54) is 12.1 Å². The molecular formula is C19H25FN4O2. The van der Waals surface area contributed by atoms with Gasteiger partial charge in [-0.2, -0.15) is 0 Å². The summed E-state index contributed by atoms with van der Waals surface area (Å²) in [5.74, 6) is 0.512. The highest BCUT2D eigenvalue weighted by Crippen LogP contribution is 2.29. The van der Waals surface area contributed by atoms with Crippen LogP contribution in [0.25, 0.3) is 0 Å². The zero-order chi connectivity index (χ0) is 18.5. The quantitative estimate of drug-likeness (QED) is 0.859. The van der Waals surface area contributed by atoms with Crippen LogP contribution in [0.3, 0.4) is 0 Å². The molecule has 1 saturated heterocycles. The summed E-state index contributed by atoms with van der Waals surface area (Å²) in [7, 11) is 1.87. The van der Waals surface area contributed by atoms with E-state index in [4.69, 9.17) is 0 Å². The second-order valence-electron chi connectivity index (χ2n) is 6.78. The lowest BCUT2D eigenvalue weighted by atomic mass is 9.91. The van der Waals surface area contributed by atoms with E-state index in [0.29, 0.717) is 31.9 Å². The van der Waals surface area contributed by atoms with Crippen molar-refractivity contribution >= 4 is 6.03 Å². The summed E-state index contributed by atoms with van der Waals surface area (Å²) < 4.78 is 15.0. The smallest absolute Gasteiger partial charge is 0.317 e. The fourth-order valence-corrected chi connectivity index (χ4v) is 3.41. The highest BCUT2D eigenvalue weighted by Gasteiger charge is 2.29. The normalized spacial score (nSPS) is 16.5. The number of amides is 2. The van der Waals surface area contributed by atoms with Gasteiger partial charge in [0.25, 0.3) is 0 Å². The van der Waals surface area contributed by atoms with Crippen LogP contribution in [0.4, 0.5) is 9.18 Å². The molecule has 140 valence electrons. The van der Waals surface area contributed by atoms with Crippen LogP contribution in [-0.2, 0) is 13.5 Å². The molecule has 0 spiro atoms. The molecule has 7 heteroatoms. The first kappa shape index (κ1) is 18.4. The molecule has 0 bridgehead atoms. The first-order chi connectivity index (χ1) is 12.5. The van der Waals surface area contributed by atoms with Crippen molar-refractivity contribution in [2.45, 2.75) is 25.4 Å². The van der Waals surface area contributed by atoms with Gasteiger partial charge in [-0.3, -0.25) is 0 Å². The molecule has 1 aromatic heterocycles. The van der Waals surface area contributed by atoms with Crippen molar-refractivity contribution in [3.05, 3.63) is 53.9 Å². The van der Waals surface area contributed by atoms with E-state index in [-0.39, 0.29) is 17.8 Å². The van der Waals surface area contributed by atoms with Gasteiger partial charge in [-0.25, -0.2) is 14.2 Å². The zero-order valence-corrected chi connectivity index (χ0v) is 14.9. The van der Waals surface area contributed by atoms with Gasteiger partial charge in [-0.1, -0.05) is 12.1 Å². The van der Waals surface area contributed by atoms with Gasteiger partial charge >= 0.3 is 6.03 Å². The number of hydrogen-bond acceptors (Lipinski definition) is 3. The molecule has 2 aromatic rings. The van der Waals surface area contributed by atoms with Gasteiger partial charge in [-0.15, -0.1) is 0 Å². The second kappa shape index (κ2) is 8.31. The Bertz CT molecular complexity index is 741. The molecule has 0 unspecified atom stereocenters. The summed E-state index contributed by atoms with van der Waals surface area (Å²) in [6.45, 7) is 1.69. The lowest BCUT2D eigenvalue weighted by Crippen LogP contribution is -2.45. The molecule has 1 aliphatic heterocycles. The monoisotopic (exact) mass is 360 g/mol. The molecule has 0 saturated carbocycles. The third kappa shape index (κ3) is 4.40. The number of nitrogens with one attached hydrogen (secondary N) is 1. The third-order valence-corrected chi connectivity index (χ3v) is 4.98. The van der Waals surface area contributed by atoms with E-state index < -0.39 is 6.10 Å². The van der Waals surface area contributed by atoms with Gasteiger partial charge in [0.2, 0.25) is 0 Å². The molecule has 1 atom stereocenters. The van der Waals surface area contributed by atoms with E-state index in [2.05, 4.69) is 10.3 Å². The van der Waals surface area contributed by atoms with E-state index in [1.54, 1.807) is 17.2 Å². The minimum Gasteiger partial charge on any atom is -0.385 e. The van der Waals surface area contributed by atoms with Gasteiger partial charge in [-0.05, 0) is 42.9 Å². The molecule has 1 aliphatic rings. The molecule has 0 radical (unpaired) electrons. The number of benzene rings is 1. The van der Waals surface area contributed by atoms with Crippen LogP contribution in [-0.4, -0.2) is 45.2 Å². The van der Waals surface area contributed by atoms with Gasteiger partial charge in [0, 0.05) is 39.1 Å². The molecule has 2 N–H and O–H groups in total. The Morgan fingerprint density at radius 2 is 2.19 bits per heavy atom. The van der Waals surface area contributed by atoms with Crippen molar-refractivity contribution < 1.29 is 14.3 Å². The van der Waals surface area contributed by atoms with Crippen LogP contribution in [0, 0.1) is 11.7 Å². The van der Waals surface area contributed by atoms with Crippen molar-refractivity contribution in [2.24, 2.45) is 13.0 Å². The molecule has 1 aromatic carbocycles. The number of aryl methyl sites for hydroxylation is 1. The Kier molecular flexibility index (Phi) is 5.88. The summed E-state index contributed by atoms with van der Waals surface area (Å²) in [6, 6.07) is 6.30. The summed E-state index contributed by atoms with van der Waals surface area (Å²) in [6.07, 6.45) is 4.97. The Hall–Kier alpha value is -2.41. The number of nitrogens with zero attached hydrogens (tertiary/aromatic N) is 3. The SMILES string of the molecule is Cn1ccnc1[C@@H](O)C1CCN(C(=O)NCCc2cccc(F)c2)CC1. The number of urea groups is 1. The van der Waals surface area contributed by atoms with Gasteiger partial charge < -0.3 is 19.9 Å². The topological polar surface area (TPSA) is 70.4 Å². The second-order valence-corrected chi connectivity index (χ2v) is 6.78. The number of aliphatic hydroxyl groups is 1. The average molecular weight is 360 g/mol. The lowest BCUT2D eigenvalue weighted by Gasteiger charge is -2.34. The number of piperidine rings is 1. The Morgan fingerprint density at radius 1 is 1.42 bits per heavy atom. The molecule has 2 heterocycles. The number of aliphatic hydroxyl groups excluding tert-OH is 1. The van der Waals surface area contributed by atoms with Gasteiger partial charge in [0.15, 0.2) is 0 Å². The maximum atomic E-state index is 13.2. The van der Waals surface area contributed by atoms with Gasteiger partial charge in [0.05, 0.1) is 0 Å². The van der Waals surface area contributed by atoms with E-state index in [9.17, 15) is 14.3 Å².